The minimum atomic E-state index is 0.160. The van der Waals surface area contributed by atoms with Crippen LogP contribution in [0, 0.1) is 0 Å². The van der Waals surface area contributed by atoms with Crippen molar-refractivity contribution in [1.82, 2.24) is 25.6 Å². The van der Waals surface area contributed by atoms with Crippen molar-refractivity contribution < 1.29 is 4.79 Å². The maximum Gasteiger partial charge on any atom is 0.264 e. The molecule has 0 aliphatic carbocycles. The molecule has 2 fully saturated rings. The average molecular weight is 343 g/mol. The van der Waals surface area contributed by atoms with Gasteiger partial charge in [0.2, 0.25) is 0 Å². The maximum atomic E-state index is 12.5. The Balaban J connectivity index is 1.39. The molecule has 0 saturated carbocycles. The van der Waals surface area contributed by atoms with E-state index in [1.165, 1.54) is 16.9 Å². The van der Waals surface area contributed by atoms with E-state index in [1.54, 1.807) is 0 Å². The van der Waals surface area contributed by atoms with Crippen molar-refractivity contribution in [2.75, 3.05) is 32.7 Å². The Morgan fingerprint density at radius 1 is 1.17 bits per heavy atom. The van der Waals surface area contributed by atoms with Crippen molar-refractivity contribution in [3.8, 4) is 0 Å². The summed E-state index contributed by atoms with van der Waals surface area (Å²) in [5.41, 5.74) is 7.98. The fourth-order valence-corrected chi connectivity index (χ4v) is 4.19. The number of amides is 1. The molecule has 4 heterocycles. The number of aromatic nitrogens is 1. The van der Waals surface area contributed by atoms with Gasteiger partial charge >= 0.3 is 0 Å². The molecule has 2 aliphatic heterocycles. The van der Waals surface area contributed by atoms with Gasteiger partial charge in [0.15, 0.2) is 0 Å². The van der Waals surface area contributed by atoms with Crippen molar-refractivity contribution >= 4 is 17.2 Å². The molecule has 0 aromatic carbocycles. The minimum Gasteiger partial charge on any atom is -0.335 e. The lowest BCUT2D eigenvalue weighted by Gasteiger charge is -2.39. The Morgan fingerprint density at radius 2 is 1.96 bits per heavy atom. The summed E-state index contributed by atoms with van der Waals surface area (Å²) in [5, 5.41) is 1.96. The monoisotopic (exact) mass is 343 g/mol. The van der Waals surface area contributed by atoms with E-state index in [4.69, 9.17) is 0 Å². The molecule has 0 spiro atoms. The van der Waals surface area contributed by atoms with Crippen LogP contribution in [0.2, 0.25) is 0 Å². The van der Waals surface area contributed by atoms with Crippen LogP contribution in [0.25, 0.3) is 0 Å². The molecule has 4 rings (SSSR count). The standard InChI is InChI=1S/C17H21N5OS/c23-17(15-2-1-11-24-15)22-9-7-21(8-10-22)16-14(12-19-20-16)13-3-5-18-6-4-13/h1-6,11,14,16,19-20H,7-10,12H2. The van der Waals surface area contributed by atoms with Crippen LogP contribution in [0.3, 0.4) is 0 Å². The average Bonchev–Trinajstić information content (AvgIpc) is 3.34. The Morgan fingerprint density at radius 3 is 2.67 bits per heavy atom. The minimum absolute atomic E-state index is 0.160. The molecular weight excluding hydrogens is 322 g/mol. The molecule has 2 saturated heterocycles. The van der Waals surface area contributed by atoms with E-state index in [-0.39, 0.29) is 12.1 Å². The number of thiophene rings is 1. The van der Waals surface area contributed by atoms with Crippen LogP contribution in [-0.2, 0) is 0 Å². The molecule has 2 unspecified atom stereocenters. The summed E-state index contributed by atoms with van der Waals surface area (Å²) in [4.78, 5) is 21.8. The molecule has 2 atom stereocenters. The van der Waals surface area contributed by atoms with Crippen molar-refractivity contribution in [1.29, 1.82) is 0 Å². The van der Waals surface area contributed by atoms with E-state index in [1.807, 2.05) is 34.8 Å². The summed E-state index contributed by atoms with van der Waals surface area (Å²) >= 11 is 1.52. The quantitative estimate of drug-likeness (QED) is 0.875. The number of hydrogen-bond donors (Lipinski definition) is 2. The van der Waals surface area contributed by atoms with Crippen molar-refractivity contribution in [3.63, 3.8) is 0 Å². The summed E-state index contributed by atoms with van der Waals surface area (Å²) < 4.78 is 0. The number of pyridine rings is 1. The van der Waals surface area contributed by atoms with Gasteiger partial charge in [-0.15, -0.1) is 11.3 Å². The molecule has 2 N–H and O–H groups in total. The second kappa shape index (κ2) is 6.98. The molecule has 0 bridgehead atoms. The van der Waals surface area contributed by atoms with Gasteiger partial charge in [0, 0.05) is 51.0 Å². The first-order chi connectivity index (χ1) is 11.8. The fraction of sp³-hybridized carbons (Fsp3) is 0.412. The second-order valence-electron chi connectivity index (χ2n) is 6.16. The summed E-state index contributed by atoms with van der Waals surface area (Å²) in [6.45, 7) is 4.23. The zero-order valence-electron chi connectivity index (χ0n) is 13.4. The summed E-state index contributed by atoms with van der Waals surface area (Å²) in [7, 11) is 0. The highest BCUT2D eigenvalue weighted by Gasteiger charge is 2.35. The number of carbonyl (C=O) groups is 1. The predicted molar refractivity (Wildman–Crippen MR) is 93.7 cm³/mol. The summed E-state index contributed by atoms with van der Waals surface area (Å²) in [6, 6.07) is 8.01. The van der Waals surface area contributed by atoms with Gasteiger partial charge in [-0.3, -0.25) is 20.1 Å². The van der Waals surface area contributed by atoms with Crippen LogP contribution in [0.5, 0.6) is 0 Å². The number of rotatable bonds is 3. The lowest BCUT2D eigenvalue weighted by atomic mass is 9.97. The van der Waals surface area contributed by atoms with Crippen molar-refractivity contribution in [3.05, 3.63) is 52.5 Å². The van der Waals surface area contributed by atoms with Gasteiger partial charge in [0.25, 0.3) is 5.91 Å². The molecule has 126 valence electrons. The Bertz CT molecular complexity index is 670. The first-order valence-corrected chi connectivity index (χ1v) is 9.16. The normalized spacial score (nSPS) is 25.1. The van der Waals surface area contributed by atoms with Gasteiger partial charge in [0.1, 0.15) is 0 Å². The van der Waals surface area contributed by atoms with Crippen LogP contribution in [0.4, 0.5) is 0 Å². The number of hydrogen-bond acceptors (Lipinski definition) is 6. The zero-order chi connectivity index (χ0) is 16.4. The van der Waals surface area contributed by atoms with Crippen molar-refractivity contribution in [2.24, 2.45) is 0 Å². The molecule has 7 heteroatoms. The highest BCUT2D eigenvalue weighted by Crippen LogP contribution is 2.25. The number of carbonyl (C=O) groups excluding carboxylic acids is 1. The third-order valence-electron chi connectivity index (χ3n) is 4.81. The topological polar surface area (TPSA) is 60.5 Å². The largest absolute Gasteiger partial charge is 0.335 e. The Hall–Kier alpha value is -1.80. The third kappa shape index (κ3) is 3.08. The van der Waals surface area contributed by atoms with Crippen LogP contribution in [-0.4, -0.2) is 59.6 Å². The SMILES string of the molecule is O=C(c1cccs1)N1CCN(C2NNCC2c2ccncc2)CC1. The van der Waals surface area contributed by atoms with E-state index >= 15 is 0 Å². The molecule has 2 aromatic heterocycles. The lowest BCUT2D eigenvalue weighted by Crippen LogP contribution is -2.56. The van der Waals surface area contributed by atoms with Crippen molar-refractivity contribution in [2.45, 2.75) is 12.1 Å². The van der Waals surface area contributed by atoms with Gasteiger partial charge in [-0.05, 0) is 29.1 Å². The molecule has 1 amide bonds. The smallest absolute Gasteiger partial charge is 0.264 e. The summed E-state index contributed by atoms with van der Waals surface area (Å²) in [5.74, 6) is 0.556. The van der Waals surface area contributed by atoms with E-state index in [0.29, 0.717) is 5.92 Å². The first-order valence-electron chi connectivity index (χ1n) is 8.28. The van der Waals surface area contributed by atoms with Gasteiger partial charge in [-0.25, -0.2) is 5.43 Å². The van der Waals surface area contributed by atoms with Crippen LogP contribution >= 0.6 is 11.3 Å². The van der Waals surface area contributed by atoms with E-state index in [2.05, 4.69) is 32.9 Å². The van der Waals surface area contributed by atoms with Crippen LogP contribution < -0.4 is 10.9 Å². The highest BCUT2D eigenvalue weighted by molar-refractivity contribution is 7.12. The van der Waals surface area contributed by atoms with E-state index < -0.39 is 0 Å². The summed E-state index contributed by atoms with van der Waals surface area (Å²) in [6.07, 6.45) is 3.96. The zero-order valence-corrected chi connectivity index (χ0v) is 14.2. The number of hydrazine groups is 1. The second-order valence-corrected chi connectivity index (χ2v) is 7.11. The van der Waals surface area contributed by atoms with Gasteiger partial charge in [-0.1, -0.05) is 6.07 Å². The number of nitrogens with zero attached hydrogens (tertiary/aromatic N) is 3. The highest BCUT2D eigenvalue weighted by atomic mass is 32.1. The fourth-order valence-electron chi connectivity index (χ4n) is 3.50. The molecule has 6 nitrogen and oxygen atoms in total. The predicted octanol–water partition coefficient (Wildman–Crippen LogP) is 1.12. The van der Waals surface area contributed by atoms with Crippen LogP contribution in [0.15, 0.2) is 42.0 Å². The first kappa shape index (κ1) is 15.7. The number of nitrogens with one attached hydrogen (secondary N) is 2. The molecule has 0 radical (unpaired) electrons. The molecule has 2 aliphatic rings. The van der Waals surface area contributed by atoms with E-state index in [0.717, 1.165) is 37.6 Å². The van der Waals surface area contributed by atoms with Gasteiger partial charge in [-0.2, -0.15) is 0 Å². The lowest BCUT2D eigenvalue weighted by molar-refractivity contribution is 0.0531. The molecule has 24 heavy (non-hydrogen) atoms. The van der Waals surface area contributed by atoms with Crippen LogP contribution in [0.1, 0.15) is 21.2 Å². The van der Waals surface area contributed by atoms with E-state index in [9.17, 15) is 4.79 Å². The van der Waals surface area contributed by atoms with Gasteiger partial charge in [0.05, 0.1) is 11.0 Å². The number of piperazine rings is 1. The Labute approximate surface area is 145 Å². The van der Waals surface area contributed by atoms with Gasteiger partial charge < -0.3 is 4.90 Å². The maximum absolute atomic E-state index is 12.5. The molecule has 2 aromatic rings. The molecular formula is C17H21N5OS. The third-order valence-corrected chi connectivity index (χ3v) is 5.67. The Kier molecular flexibility index (Phi) is 4.57.